The fourth-order valence-corrected chi connectivity index (χ4v) is 9.15. The average molecular weight is 918 g/mol. The standard InChI is InChI=1S/C44H46F3N9O8S/c1-2-65(61,62)56-26-33(30-6-3-4-9-36(30)56)40-34(44(45,46)47)24-48-43(52-40)49-28-10-12-29(13-11-28)54-18-16-53(17-19-54)20-21-63-22-23-64-27-39(58)50-35-8-5-7-31-32(35)25-55(42(31)60)37-14-15-38(57)51-41(37)59/h3-13,24,26,37H,2,14-23,25,27H2,1H3,(H,50,58)(H,48,49,52)(H,51,57,59). The Kier molecular flexibility index (Phi) is 13.2. The lowest BCUT2D eigenvalue weighted by Gasteiger charge is -2.36. The molecule has 1 atom stereocenters. The Balaban J connectivity index is 0.765. The molecule has 5 heterocycles. The van der Waals surface area contributed by atoms with Gasteiger partial charge in [-0.25, -0.2) is 22.4 Å². The van der Waals surface area contributed by atoms with Gasteiger partial charge in [-0.3, -0.25) is 29.4 Å². The number of anilines is 4. The lowest BCUT2D eigenvalue weighted by Crippen LogP contribution is -2.52. The first-order valence-electron chi connectivity index (χ1n) is 21.0. The second-order valence-electron chi connectivity index (χ2n) is 15.7. The van der Waals surface area contributed by atoms with E-state index in [1.165, 1.54) is 24.1 Å². The number of imide groups is 1. The minimum absolute atomic E-state index is 0.0150. The summed E-state index contributed by atoms with van der Waals surface area (Å²) in [6.45, 7) is 6.13. The quantitative estimate of drug-likeness (QED) is 0.0918. The number of rotatable bonds is 16. The third-order valence-corrected chi connectivity index (χ3v) is 13.2. The summed E-state index contributed by atoms with van der Waals surface area (Å²) in [6.07, 6.45) is -2.53. The van der Waals surface area contributed by atoms with Gasteiger partial charge in [0.25, 0.3) is 5.91 Å². The first-order valence-corrected chi connectivity index (χ1v) is 22.7. The number of nitrogens with one attached hydrogen (secondary N) is 3. The van der Waals surface area contributed by atoms with Gasteiger partial charge >= 0.3 is 6.18 Å². The van der Waals surface area contributed by atoms with Crippen molar-refractivity contribution >= 4 is 67.6 Å². The molecule has 2 aromatic heterocycles. The third kappa shape index (κ3) is 9.97. The second-order valence-corrected chi connectivity index (χ2v) is 17.8. The van der Waals surface area contributed by atoms with Crippen molar-refractivity contribution in [1.29, 1.82) is 0 Å². The molecule has 0 saturated carbocycles. The number of benzene rings is 3. The van der Waals surface area contributed by atoms with Gasteiger partial charge in [-0.05, 0) is 55.8 Å². The van der Waals surface area contributed by atoms with Crippen LogP contribution in [0.3, 0.4) is 0 Å². The molecule has 2 fully saturated rings. The number of fused-ring (bicyclic) bond motifs is 2. The van der Waals surface area contributed by atoms with Crippen LogP contribution in [0.2, 0.25) is 0 Å². The molecule has 0 bridgehead atoms. The molecule has 65 heavy (non-hydrogen) atoms. The number of piperidine rings is 1. The van der Waals surface area contributed by atoms with Crippen molar-refractivity contribution in [3.8, 4) is 11.3 Å². The van der Waals surface area contributed by atoms with Crippen molar-refractivity contribution in [3.05, 3.63) is 95.8 Å². The highest BCUT2D eigenvalue weighted by Gasteiger charge is 2.40. The summed E-state index contributed by atoms with van der Waals surface area (Å²) in [7, 11) is -3.83. The highest BCUT2D eigenvalue weighted by Crippen LogP contribution is 2.40. The molecule has 17 nitrogen and oxygen atoms in total. The van der Waals surface area contributed by atoms with Gasteiger partial charge < -0.3 is 29.9 Å². The summed E-state index contributed by atoms with van der Waals surface area (Å²) in [4.78, 5) is 63.9. The number of piperazine rings is 1. The Morgan fingerprint density at radius 1 is 0.923 bits per heavy atom. The summed E-state index contributed by atoms with van der Waals surface area (Å²) >= 11 is 0. The predicted molar refractivity (Wildman–Crippen MR) is 234 cm³/mol. The predicted octanol–water partition coefficient (Wildman–Crippen LogP) is 4.61. The lowest BCUT2D eigenvalue weighted by atomic mass is 10.0. The largest absolute Gasteiger partial charge is 0.419 e. The van der Waals surface area contributed by atoms with E-state index in [0.29, 0.717) is 47.2 Å². The number of halogens is 3. The molecule has 0 spiro atoms. The Morgan fingerprint density at radius 2 is 1.68 bits per heavy atom. The van der Waals surface area contributed by atoms with E-state index in [2.05, 4.69) is 35.7 Å². The minimum atomic E-state index is -4.80. The molecule has 4 amide bonds. The van der Waals surface area contributed by atoms with Gasteiger partial charge in [0, 0.05) is 97.2 Å². The van der Waals surface area contributed by atoms with Crippen molar-refractivity contribution in [3.63, 3.8) is 0 Å². The molecule has 21 heteroatoms. The first kappa shape index (κ1) is 45.2. The van der Waals surface area contributed by atoms with E-state index >= 15 is 0 Å². The van der Waals surface area contributed by atoms with Gasteiger partial charge in [0.1, 0.15) is 18.2 Å². The highest BCUT2D eigenvalue weighted by molar-refractivity contribution is 7.90. The number of carbonyl (C=O) groups excluding carboxylic acids is 4. The van der Waals surface area contributed by atoms with Gasteiger partial charge in [0.05, 0.1) is 36.8 Å². The van der Waals surface area contributed by atoms with Crippen LogP contribution in [0.4, 0.5) is 36.2 Å². The highest BCUT2D eigenvalue weighted by atomic mass is 32.2. The van der Waals surface area contributed by atoms with E-state index in [9.17, 15) is 40.8 Å². The van der Waals surface area contributed by atoms with Crippen molar-refractivity contribution in [1.82, 2.24) is 29.1 Å². The van der Waals surface area contributed by atoms with E-state index < -0.39 is 45.3 Å². The van der Waals surface area contributed by atoms with Crippen molar-refractivity contribution in [2.45, 2.75) is 38.5 Å². The number of ether oxygens (including phenoxy) is 2. The van der Waals surface area contributed by atoms with Crippen LogP contribution < -0.4 is 20.9 Å². The second kappa shape index (κ2) is 19.0. The zero-order chi connectivity index (χ0) is 45.9. The molecule has 0 aliphatic carbocycles. The van der Waals surface area contributed by atoms with Crippen LogP contribution in [0.25, 0.3) is 22.2 Å². The summed E-state index contributed by atoms with van der Waals surface area (Å²) in [5, 5.41) is 8.37. The van der Waals surface area contributed by atoms with E-state index in [1.807, 2.05) is 12.1 Å². The maximum atomic E-state index is 14.3. The summed E-state index contributed by atoms with van der Waals surface area (Å²) in [5.41, 5.74) is 1.69. The monoisotopic (exact) mass is 917 g/mol. The lowest BCUT2D eigenvalue weighted by molar-refractivity contribution is -0.138. The molecule has 1 unspecified atom stereocenters. The van der Waals surface area contributed by atoms with E-state index in [0.717, 1.165) is 35.8 Å². The summed E-state index contributed by atoms with van der Waals surface area (Å²) in [6, 6.07) is 18.0. The molecule has 3 aromatic carbocycles. The Morgan fingerprint density at radius 3 is 2.42 bits per heavy atom. The van der Waals surface area contributed by atoms with Crippen LogP contribution in [0.15, 0.2) is 79.1 Å². The van der Waals surface area contributed by atoms with E-state index in [1.54, 1.807) is 48.5 Å². The van der Waals surface area contributed by atoms with Crippen molar-refractivity contribution in [2.24, 2.45) is 0 Å². The Labute approximate surface area is 371 Å². The first-order chi connectivity index (χ1) is 31.2. The maximum Gasteiger partial charge on any atom is 0.419 e. The number of hydrogen-bond donors (Lipinski definition) is 3. The zero-order valence-electron chi connectivity index (χ0n) is 35.3. The summed E-state index contributed by atoms with van der Waals surface area (Å²) < 4.78 is 80.8. The zero-order valence-corrected chi connectivity index (χ0v) is 36.1. The van der Waals surface area contributed by atoms with Crippen molar-refractivity contribution in [2.75, 3.05) is 80.4 Å². The number of carbonyl (C=O) groups is 4. The molecule has 342 valence electrons. The van der Waals surface area contributed by atoms with Crippen LogP contribution in [-0.4, -0.2) is 127 Å². The van der Waals surface area contributed by atoms with Gasteiger partial charge in [-0.1, -0.05) is 24.3 Å². The smallest absolute Gasteiger partial charge is 0.378 e. The molecule has 0 radical (unpaired) electrons. The number of para-hydroxylation sites is 1. The maximum absolute atomic E-state index is 14.3. The van der Waals surface area contributed by atoms with Crippen LogP contribution in [-0.2, 0) is 46.6 Å². The van der Waals surface area contributed by atoms with Crippen LogP contribution in [0, 0.1) is 0 Å². The minimum Gasteiger partial charge on any atom is -0.378 e. The van der Waals surface area contributed by atoms with Gasteiger partial charge in [-0.15, -0.1) is 0 Å². The van der Waals surface area contributed by atoms with Crippen LogP contribution >= 0.6 is 0 Å². The number of alkyl halides is 3. The molecular formula is C44H46F3N9O8S. The van der Waals surface area contributed by atoms with E-state index in [-0.39, 0.29) is 73.8 Å². The molecule has 2 saturated heterocycles. The number of amides is 4. The van der Waals surface area contributed by atoms with Gasteiger partial charge in [0.15, 0.2) is 0 Å². The average Bonchev–Trinajstić information content (AvgIpc) is 3.85. The topological polar surface area (TPSA) is 197 Å². The fourth-order valence-electron chi connectivity index (χ4n) is 8.14. The molecule has 3 N–H and O–H groups in total. The SMILES string of the molecule is CCS(=O)(=O)n1cc(-c2nc(Nc3ccc(N4CCN(CCOCCOCC(=O)Nc5cccc6c5CN(C5CCC(=O)NC5=O)C6=O)CC4)cc3)ncc2C(F)(F)F)c2ccccc21. The van der Waals surface area contributed by atoms with Crippen LogP contribution in [0.5, 0.6) is 0 Å². The van der Waals surface area contributed by atoms with Crippen LogP contribution in [0.1, 0.15) is 41.3 Å². The normalized spacial score (nSPS) is 17.1. The molecule has 3 aliphatic rings. The van der Waals surface area contributed by atoms with E-state index in [4.69, 9.17) is 9.47 Å². The molecule has 5 aromatic rings. The number of aromatic nitrogens is 3. The Bertz CT molecular complexity index is 2720. The summed E-state index contributed by atoms with van der Waals surface area (Å²) in [5.74, 6) is -1.93. The van der Waals surface area contributed by atoms with Gasteiger partial charge in [0.2, 0.25) is 33.7 Å². The molecule has 3 aliphatic heterocycles. The van der Waals surface area contributed by atoms with Gasteiger partial charge in [-0.2, -0.15) is 13.2 Å². The van der Waals surface area contributed by atoms with Crippen molar-refractivity contribution < 1.29 is 50.2 Å². The fraction of sp³-hybridized carbons (Fsp3) is 0.364. The number of nitrogens with zero attached hydrogens (tertiary/aromatic N) is 6. The number of hydrogen-bond acceptors (Lipinski definition) is 13. The molecule has 8 rings (SSSR count). The third-order valence-electron chi connectivity index (χ3n) is 11.6. The molecular weight excluding hydrogens is 872 g/mol. The Hall–Kier alpha value is -6.42.